The molecule has 3 N–H and O–H groups in total. The van der Waals surface area contributed by atoms with Crippen LogP contribution in [0.5, 0.6) is 0 Å². The van der Waals surface area contributed by atoms with Gasteiger partial charge in [-0.05, 0) is 52.4 Å². The van der Waals surface area contributed by atoms with E-state index in [9.17, 15) is 9.90 Å². The van der Waals surface area contributed by atoms with Gasteiger partial charge in [0.2, 0.25) is 0 Å². The smallest absolute Gasteiger partial charge is 0.315 e. The molecule has 136 valence electrons. The first-order valence-electron chi connectivity index (χ1n) is 9.11. The lowest BCUT2D eigenvalue weighted by Crippen LogP contribution is -2.49. The molecule has 1 aromatic rings. The number of aryl methyl sites for hydroxylation is 2. The molecular formula is C18H31N3O3. The third kappa shape index (κ3) is 5.23. The van der Waals surface area contributed by atoms with E-state index in [1.54, 1.807) is 0 Å². The largest absolute Gasteiger partial charge is 0.396 e. The van der Waals surface area contributed by atoms with Gasteiger partial charge < -0.3 is 20.3 Å². The first kappa shape index (κ1) is 18.8. The summed E-state index contributed by atoms with van der Waals surface area (Å²) in [7, 11) is 0. The Kier molecular flexibility index (Phi) is 7.09. The number of amides is 2. The zero-order chi connectivity index (χ0) is 17.5. The topological polar surface area (TPSA) is 87.4 Å². The van der Waals surface area contributed by atoms with Crippen LogP contribution in [0.15, 0.2) is 4.52 Å². The molecule has 1 fully saturated rings. The van der Waals surface area contributed by atoms with Crippen molar-refractivity contribution in [3.63, 3.8) is 0 Å². The van der Waals surface area contributed by atoms with Crippen molar-refractivity contribution < 1.29 is 14.4 Å². The maximum absolute atomic E-state index is 12.3. The van der Waals surface area contributed by atoms with Crippen molar-refractivity contribution in [3.8, 4) is 0 Å². The lowest BCUT2D eigenvalue weighted by Gasteiger charge is -2.31. The highest BCUT2D eigenvalue weighted by Gasteiger charge is 2.25. The number of nitrogens with one attached hydrogen (secondary N) is 2. The number of hydrogen-bond acceptors (Lipinski definition) is 4. The molecule has 2 atom stereocenters. The molecule has 2 amide bonds. The van der Waals surface area contributed by atoms with Gasteiger partial charge in [-0.2, -0.15) is 0 Å². The maximum Gasteiger partial charge on any atom is 0.315 e. The summed E-state index contributed by atoms with van der Waals surface area (Å²) in [5.41, 5.74) is 1.93. The average molecular weight is 337 g/mol. The second-order valence-corrected chi connectivity index (χ2v) is 7.04. The highest BCUT2D eigenvalue weighted by atomic mass is 16.5. The maximum atomic E-state index is 12.3. The predicted octanol–water partition coefficient (Wildman–Crippen LogP) is 2.85. The fourth-order valence-electron chi connectivity index (χ4n) is 3.69. The van der Waals surface area contributed by atoms with Crippen molar-refractivity contribution in [2.75, 3.05) is 6.61 Å². The lowest BCUT2D eigenvalue weighted by molar-refractivity contribution is 0.195. The molecule has 1 aliphatic rings. The summed E-state index contributed by atoms with van der Waals surface area (Å²) < 4.78 is 5.17. The third-order valence-electron chi connectivity index (χ3n) is 5.04. The van der Waals surface area contributed by atoms with E-state index < -0.39 is 0 Å². The van der Waals surface area contributed by atoms with Gasteiger partial charge in [-0.3, -0.25) is 0 Å². The Morgan fingerprint density at radius 2 is 2.00 bits per heavy atom. The molecule has 1 aromatic heterocycles. The molecule has 0 aromatic carbocycles. The number of aliphatic hydroxyl groups is 1. The summed E-state index contributed by atoms with van der Waals surface area (Å²) in [6.45, 7) is 5.89. The van der Waals surface area contributed by atoms with E-state index in [0.29, 0.717) is 18.8 Å². The Balaban J connectivity index is 1.85. The van der Waals surface area contributed by atoms with Crippen LogP contribution in [0, 0.1) is 19.8 Å². The number of rotatable bonds is 7. The van der Waals surface area contributed by atoms with Gasteiger partial charge in [0.15, 0.2) is 0 Å². The Morgan fingerprint density at radius 3 is 2.58 bits per heavy atom. The molecule has 6 heteroatoms. The fraction of sp³-hybridized carbons (Fsp3) is 0.778. The van der Waals surface area contributed by atoms with Crippen LogP contribution in [0.3, 0.4) is 0 Å². The Labute approximate surface area is 144 Å². The molecule has 0 radical (unpaired) electrons. The van der Waals surface area contributed by atoms with E-state index in [0.717, 1.165) is 29.9 Å². The summed E-state index contributed by atoms with van der Waals surface area (Å²) in [6, 6.07) is -0.109. The van der Waals surface area contributed by atoms with Gasteiger partial charge >= 0.3 is 6.03 Å². The molecule has 0 spiro atoms. The van der Waals surface area contributed by atoms with Crippen LogP contribution in [-0.4, -0.2) is 35.0 Å². The molecule has 0 unspecified atom stereocenters. The number of hydrogen-bond donors (Lipinski definition) is 3. The van der Waals surface area contributed by atoms with Gasteiger partial charge in [0.25, 0.3) is 0 Å². The minimum Gasteiger partial charge on any atom is -0.396 e. The normalized spacial score (nSPS) is 18.2. The second-order valence-electron chi connectivity index (χ2n) is 7.04. The fourth-order valence-corrected chi connectivity index (χ4v) is 3.69. The van der Waals surface area contributed by atoms with Gasteiger partial charge in [-0.1, -0.05) is 24.4 Å². The Hall–Kier alpha value is -1.56. The summed E-state index contributed by atoms with van der Waals surface area (Å²) in [5.74, 6) is 1.29. The van der Waals surface area contributed by atoms with E-state index in [2.05, 4.69) is 15.8 Å². The number of carbonyl (C=O) groups excluding carboxylic acids is 1. The van der Waals surface area contributed by atoms with Gasteiger partial charge in [0.05, 0.1) is 5.69 Å². The predicted molar refractivity (Wildman–Crippen MR) is 92.9 cm³/mol. The van der Waals surface area contributed by atoms with Crippen LogP contribution >= 0.6 is 0 Å². The molecule has 1 heterocycles. The van der Waals surface area contributed by atoms with Gasteiger partial charge in [-0.15, -0.1) is 0 Å². The van der Waals surface area contributed by atoms with Gasteiger partial charge in [0.1, 0.15) is 5.76 Å². The van der Waals surface area contributed by atoms with Crippen LogP contribution in [0.25, 0.3) is 0 Å². The van der Waals surface area contributed by atoms with Crippen LogP contribution in [0.2, 0.25) is 0 Å². The minimum atomic E-state index is -0.154. The SMILES string of the molecule is Cc1noc(C)c1C[C@H](C)NC(=O)N[C@H](CCO)C1CCCCC1. The van der Waals surface area contributed by atoms with Crippen molar-refractivity contribution in [1.82, 2.24) is 15.8 Å². The quantitative estimate of drug-likeness (QED) is 0.714. The number of urea groups is 1. The van der Waals surface area contributed by atoms with E-state index in [1.165, 1.54) is 19.3 Å². The number of aliphatic hydroxyl groups excluding tert-OH is 1. The van der Waals surface area contributed by atoms with Crippen LogP contribution in [0.1, 0.15) is 62.5 Å². The molecule has 2 rings (SSSR count). The van der Waals surface area contributed by atoms with Crippen molar-refractivity contribution in [2.45, 2.75) is 77.8 Å². The monoisotopic (exact) mass is 337 g/mol. The zero-order valence-corrected chi connectivity index (χ0v) is 15.1. The standard InChI is InChI=1S/C18H31N3O3/c1-12(11-16-13(2)21-24-14(16)3)19-18(23)20-17(9-10-22)15-7-5-4-6-8-15/h12,15,17,22H,4-11H2,1-3H3,(H2,19,20,23)/t12-,17+/m0/s1. The molecule has 1 aliphatic carbocycles. The third-order valence-corrected chi connectivity index (χ3v) is 5.04. The van der Waals surface area contributed by atoms with Crippen molar-refractivity contribution in [3.05, 3.63) is 17.0 Å². The average Bonchev–Trinajstić information content (AvgIpc) is 2.87. The summed E-state index contributed by atoms with van der Waals surface area (Å²) in [5, 5.41) is 19.3. The Morgan fingerprint density at radius 1 is 1.29 bits per heavy atom. The summed E-state index contributed by atoms with van der Waals surface area (Å²) >= 11 is 0. The molecule has 0 aliphatic heterocycles. The van der Waals surface area contributed by atoms with E-state index in [1.807, 2.05) is 20.8 Å². The van der Waals surface area contributed by atoms with Gasteiger partial charge in [0, 0.05) is 24.3 Å². The molecule has 0 saturated heterocycles. The highest BCUT2D eigenvalue weighted by Crippen LogP contribution is 2.27. The molecule has 6 nitrogen and oxygen atoms in total. The van der Waals surface area contributed by atoms with Crippen LogP contribution in [-0.2, 0) is 6.42 Å². The van der Waals surface area contributed by atoms with Crippen molar-refractivity contribution >= 4 is 6.03 Å². The first-order chi connectivity index (χ1) is 11.5. The van der Waals surface area contributed by atoms with E-state index in [4.69, 9.17) is 4.52 Å². The van der Waals surface area contributed by atoms with Crippen molar-refractivity contribution in [2.24, 2.45) is 5.92 Å². The van der Waals surface area contributed by atoms with Crippen LogP contribution < -0.4 is 10.6 Å². The van der Waals surface area contributed by atoms with Gasteiger partial charge in [-0.25, -0.2) is 4.79 Å². The zero-order valence-electron chi connectivity index (χ0n) is 15.1. The van der Waals surface area contributed by atoms with E-state index in [-0.39, 0.29) is 24.7 Å². The minimum absolute atomic E-state index is 0.0112. The molecular weight excluding hydrogens is 306 g/mol. The summed E-state index contributed by atoms with van der Waals surface area (Å²) in [6.07, 6.45) is 7.32. The Bertz CT molecular complexity index is 504. The molecule has 1 saturated carbocycles. The number of carbonyl (C=O) groups is 1. The molecule has 0 bridgehead atoms. The first-order valence-corrected chi connectivity index (χ1v) is 9.11. The molecule has 24 heavy (non-hydrogen) atoms. The highest BCUT2D eigenvalue weighted by molar-refractivity contribution is 5.74. The van der Waals surface area contributed by atoms with E-state index >= 15 is 0 Å². The second kappa shape index (κ2) is 9.06. The van der Waals surface area contributed by atoms with Crippen LogP contribution in [0.4, 0.5) is 4.79 Å². The number of aromatic nitrogens is 1. The van der Waals surface area contributed by atoms with Crippen molar-refractivity contribution in [1.29, 1.82) is 0 Å². The summed E-state index contributed by atoms with van der Waals surface area (Å²) in [4.78, 5) is 12.3. The number of nitrogens with zero attached hydrogens (tertiary/aromatic N) is 1. The lowest BCUT2D eigenvalue weighted by atomic mass is 9.83.